The van der Waals surface area contributed by atoms with E-state index < -0.39 is 0 Å². The maximum Gasteiger partial charge on any atom is 0.130 e. The van der Waals surface area contributed by atoms with E-state index in [9.17, 15) is 4.39 Å². The molecule has 1 fully saturated rings. The van der Waals surface area contributed by atoms with Gasteiger partial charge in [-0.3, -0.25) is 0 Å². The Morgan fingerprint density at radius 3 is 2.67 bits per heavy atom. The van der Waals surface area contributed by atoms with Crippen molar-refractivity contribution in [1.82, 2.24) is 0 Å². The quantitative estimate of drug-likeness (QED) is 0.605. The molecule has 1 heteroatoms. The summed E-state index contributed by atoms with van der Waals surface area (Å²) in [6.45, 7) is 0. The monoisotopic (exact) mass is 202 g/mol. The molecule has 4 rings (SSSR count). The molecule has 0 bridgehead atoms. The molecule has 0 aliphatic heterocycles. The summed E-state index contributed by atoms with van der Waals surface area (Å²) in [5.41, 5.74) is 5.14. The molecule has 0 aromatic heterocycles. The van der Waals surface area contributed by atoms with Gasteiger partial charge >= 0.3 is 0 Å². The number of aryl methyl sites for hydroxylation is 2. The third-order valence-corrected chi connectivity index (χ3v) is 4.67. The lowest BCUT2D eigenvalue weighted by atomic mass is 9.94. The Labute approximate surface area is 89.5 Å². The van der Waals surface area contributed by atoms with Crippen LogP contribution in [0.15, 0.2) is 6.07 Å². The van der Waals surface area contributed by atoms with E-state index in [1.165, 1.54) is 30.4 Å². The van der Waals surface area contributed by atoms with Gasteiger partial charge in [-0.1, -0.05) is 6.07 Å². The number of hydrogen-bond acceptors (Lipinski definition) is 0. The van der Waals surface area contributed by atoms with E-state index >= 15 is 0 Å². The Balaban J connectivity index is 2.01. The third kappa shape index (κ3) is 0.920. The van der Waals surface area contributed by atoms with Gasteiger partial charge < -0.3 is 0 Å². The minimum atomic E-state index is 0.190. The molecule has 0 amide bonds. The van der Waals surface area contributed by atoms with Crippen molar-refractivity contribution in [3.05, 3.63) is 34.1 Å². The number of halogens is 1. The van der Waals surface area contributed by atoms with Crippen molar-refractivity contribution in [3.63, 3.8) is 0 Å². The molecular formula is C14H15F. The second kappa shape index (κ2) is 2.45. The molecule has 0 saturated heterocycles. The molecular weight excluding hydrogens is 187 g/mol. The number of hydrogen-bond donors (Lipinski definition) is 0. The summed E-state index contributed by atoms with van der Waals surface area (Å²) < 4.78 is 14.4. The van der Waals surface area contributed by atoms with Crippen LogP contribution in [0.1, 0.15) is 47.9 Å². The van der Waals surface area contributed by atoms with Gasteiger partial charge in [-0.15, -0.1) is 0 Å². The van der Waals surface area contributed by atoms with Gasteiger partial charge in [0.1, 0.15) is 5.82 Å². The SMILES string of the molecule is Fc1c2c(cc3c1C1(CC3)CC1)CCC2. The number of benzene rings is 1. The summed E-state index contributed by atoms with van der Waals surface area (Å²) in [6, 6.07) is 2.31. The number of fused-ring (bicyclic) bond motifs is 3. The average Bonchev–Trinajstić information content (AvgIpc) is 2.71. The maximum absolute atomic E-state index is 14.4. The predicted molar refractivity (Wildman–Crippen MR) is 57.7 cm³/mol. The summed E-state index contributed by atoms with van der Waals surface area (Å²) >= 11 is 0. The molecule has 3 aliphatic carbocycles. The highest BCUT2D eigenvalue weighted by molar-refractivity contribution is 5.51. The lowest BCUT2D eigenvalue weighted by Crippen LogP contribution is -2.06. The van der Waals surface area contributed by atoms with Gasteiger partial charge in [0.05, 0.1) is 0 Å². The van der Waals surface area contributed by atoms with Crippen molar-refractivity contribution in [2.45, 2.75) is 50.4 Å². The summed E-state index contributed by atoms with van der Waals surface area (Å²) in [4.78, 5) is 0. The van der Waals surface area contributed by atoms with Crippen molar-refractivity contribution < 1.29 is 4.39 Å². The summed E-state index contributed by atoms with van der Waals surface area (Å²) in [5.74, 6) is 0.190. The predicted octanol–water partition coefficient (Wildman–Crippen LogP) is 3.29. The first-order valence-electron chi connectivity index (χ1n) is 6.14. The lowest BCUT2D eigenvalue weighted by molar-refractivity contribution is 0.566. The van der Waals surface area contributed by atoms with Crippen LogP contribution in [0.25, 0.3) is 0 Å². The van der Waals surface area contributed by atoms with Gasteiger partial charge in [-0.25, -0.2) is 4.39 Å². The highest BCUT2D eigenvalue weighted by Gasteiger charge is 2.50. The zero-order chi connectivity index (χ0) is 10.0. The van der Waals surface area contributed by atoms with Crippen molar-refractivity contribution >= 4 is 0 Å². The second-order valence-electron chi connectivity index (χ2n) is 5.50. The van der Waals surface area contributed by atoms with Crippen LogP contribution >= 0.6 is 0 Å². The molecule has 0 radical (unpaired) electrons. The highest BCUT2D eigenvalue weighted by atomic mass is 19.1. The first-order valence-corrected chi connectivity index (χ1v) is 6.14. The van der Waals surface area contributed by atoms with Crippen LogP contribution in [0.4, 0.5) is 4.39 Å². The molecule has 0 unspecified atom stereocenters. The van der Waals surface area contributed by atoms with Gasteiger partial charge in [0.15, 0.2) is 0 Å². The van der Waals surface area contributed by atoms with Crippen LogP contribution in [0.5, 0.6) is 0 Å². The van der Waals surface area contributed by atoms with E-state index in [-0.39, 0.29) is 5.82 Å². The maximum atomic E-state index is 14.4. The van der Waals surface area contributed by atoms with Crippen LogP contribution in [0.2, 0.25) is 0 Å². The highest BCUT2D eigenvalue weighted by Crippen LogP contribution is 2.58. The van der Waals surface area contributed by atoms with Gasteiger partial charge in [0.2, 0.25) is 0 Å². The minimum absolute atomic E-state index is 0.190. The van der Waals surface area contributed by atoms with Crippen LogP contribution in [-0.4, -0.2) is 0 Å². The molecule has 3 aliphatic rings. The summed E-state index contributed by atoms with van der Waals surface area (Å²) in [5, 5.41) is 0. The van der Waals surface area contributed by atoms with Crippen molar-refractivity contribution in [3.8, 4) is 0 Å². The molecule has 1 spiro atoms. The van der Waals surface area contributed by atoms with Gasteiger partial charge in [-0.05, 0) is 72.6 Å². The summed E-state index contributed by atoms with van der Waals surface area (Å²) in [6.07, 6.45) is 8.03. The Morgan fingerprint density at radius 1 is 1.00 bits per heavy atom. The standard InChI is InChI=1S/C14H15F/c15-13-11-3-1-2-9(11)8-10-4-5-14(6-7-14)12(10)13/h8H,1-7H2. The fourth-order valence-electron chi connectivity index (χ4n) is 3.67. The fourth-order valence-corrected chi connectivity index (χ4v) is 3.67. The Hall–Kier alpha value is -0.850. The zero-order valence-electron chi connectivity index (χ0n) is 8.91. The van der Waals surface area contributed by atoms with Crippen LogP contribution in [0.3, 0.4) is 0 Å². The molecule has 1 aromatic rings. The summed E-state index contributed by atoms with van der Waals surface area (Å²) in [7, 11) is 0. The fraction of sp³-hybridized carbons (Fsp3) is 0.571. The van der Waals surface area contributed by atoms with Gasteiger partial charge in [0, 0.05) is 0 Å². The first kappa shape index (κ1) is 8.32. The Kier molecular flexibility index (Phi) is 1.36. The van der Waals surface area contributed by atoms with E-state index in [2.05, 4.69) is 6.07 Å². The molecule has 78 valence electrons. The Morgan fingerprint density at radius 2 is 1.87 bits per heavy atom. The molecule has 0 heterocycles. The van der Waals surface area contributed by atoms with E-state index in [4.69, 9.17) is 0 Å². The van der Waals surface area contributed by atoms with Crippen molar-refractivity contribution in [1.29, 1.82) is 0 Å². The van der Waals surface area contributed by atoms with Crippen molar-refractivity contribution in [2.75, 3.05) is 0 Å². The van der Waals surface area contributed by atoms with Gasteiger partial charge in [0.25, 0.3) is 0 Å². The van der Waals surface area contributed by atoms with E-state index in [0.717, 1.165) is 36.8 Å². The number of rotatable bonds is 0. The Bertz CT molecular complexity index is 455. The second-order valence-corrected chi connectivity index (χ2v) is 5.50. The topological polar surface area (TPSA) is 0 Å². The largest absolute Gasteiger partial charge is 0.206 e. The van der Waals surface area contributed by atoms with Crippen LogP contribution in [0, 0.1) is 5.82 Å². The van der Waals surface area contributed by atoms with Crippen LogP contribution in [-0.2, 0) is 24.7 Å². The van der Waals surface area contributed by atoms with E-state index in [0.29, 0.717) is 5.41 Å². The molecule has 1 aromatic carbocycles. The lowest BCUT2D eigenvalue weighted by Gasteiger charge is -2.12. The van der Waals surface area contributed by atoms with E-state index in [1.807, 2.05) is 0 Å². The molecule has 0 nitrogen and oxygen atoms in total. The zero-order valence-corrected chi connectivity index (χ0v) is 8.91. The normalized spacial score (nSPS) is 24.3. The van der Waals surface area contributed by atoms with E-state index in [1.54, 1.807) is 0 Å². The van der Waals surface area contributed by atoms with Crippen molar-refractivity contribution in [2.24, 2.45) is 0 Å². The molecule has 1 saturated carbocycles. The molecule has 0 atom stereocenters. The minimum Gasteiger partial charge on any atom is -0.206 e. The average molecular weight is 202 g/mol. The van der Waals surface area contributed by atoms with Crippen LogP contribution < -0.4 is 0 Å². The smallest absolute Gasteiger partial charge is 0.130 e. The molecule has 15 heavy (non-hydrogen) atoms. The molecule has 0 N–H and O–H groups in total. The van der Waals surface area contributed by atoms with Gasteiger partial charge in [-0.2, -0.15) is 0 Å². The third-order valence-electron chi connectivity index (χ3n) is 4.67. The first-order chi connectivity index (χ1) is 7.30.